The van der Waals surface area contributed by atoms with Crippen LogP contribution in [-0.4, -0.2) is 25.3 Å². The summed E-state index contributed by atoms with van der Waals surface area (Å²) in [4.78, 5) is 11.4. The third-order valence-electron chi connectivity index (χ3n) is 2.47. The molecule has 0 aliphatic heterocycles. The van der Waals surface area contributed by atoms with Crippen molar-refractivity contribution >= 4 is 12.2 Å². The van der Waals surface area contributed by atoms with Gasteiger partial charge in [0.2, 0.25) is 0 Å². The van der Waals surface area contributed by atoms with Crippen LogP contribution in [0.2, 0.25) is 0 Å². The van der Waals surface area contributed by atoms with E-state index in [9.17, 15) is 9.18 Å². The van der Waals surface area contributed by atoms with Crippen LogP contribution in [0.25, 0.3) is 6.08 Å². The summed E-state index contributed by atoms with van der Waals surface area (Å²) in [6.45, 7) is 5.87. The first-order valence-corrected chi connectivity index (χ1v) is 6.79. The monoisotopic (exact) mass is 295 g/mol. The molecule has 0 saturated heterocycles. The predicted octanol–water partition coefficient (Wildman–Crippen LogP) is 3.76. The van der Waals surface area contributed by atoms with Gasteiger partial charge in [-0.05, 0) is 45.4 Å². The summed E-state index contributed by atoms with van der Waals surface area (Å²) in [5.41, 5.74) is 0.157. The van der Waals surface area contributed by atoms with Crippen LogP contribution in [0.5, 0.6) is 5.75 Å². The van der Waals surface area contributed by atoms with Crippen LogP contribution >= 0.6 is 0 Å². The van der Waals surface area contributed by atoms with Crippen LogP contribution in [0, 0.1) is 5.82 Å². The van der Waals surface area contributed by atoms with Gasteiger partial charge in [-0.1, -0.05) is 12.2 Å². The van der Waals surface area contributed by atoms with Crippen molar-refractivity contribution in [3.8, 4) is 5.75 Å². The van der Waals surface area contributed by atoms with E-state index in [-0.39, 0.29) is 5.82 Å². The van der Waals surface area contributed by atoms with Crippen LogP contribution in [0.3, 0.4) is 0 Å². The van der Waals surface area contributed by atoms with E-state index in [1.165, 1.54) is 19.2 Å². The normalized spacial score (nSPS) is 11.5. The van der Waals surface area contributed by atoms with Gasteiger partial charge in [0, 0.05) is 12.1 Å². The molecule has 0 saturated carbocycles. The van der Waals surface area contributed by atoms with Gasteiger partial charge in [0.25, 0.3) is 0 Å². The molecule has 0 fully saturated rings. The summed E-state index contributed by atoms with van der Waals surface area (Å²) in [7, 11) is 1.54. The van der Waals surface area contributed by atoms with Crippen molar-refractivity contribution in [1.82, 2.24) is 5.32 Å². The summed E-state index contributed by atoms with van der Waals surface area (Å²) < 4.78 is 23.4. The summed E-state index contributed by atoms with van der Waals surface area (Å²) in [6.07, 6.45) is 3.77. The molecule has 1 aromatic rings. The molecule has 5 heteroatoms. The maximum absolute atomic E-state index is 13.2. The number of amides is 1. The highest BCUT2D eigenvalue weighted by Crippen LogP contribution is 2.20. The minimum absolute atomic E-state index is 0.317. The zero-order chi connectivity index (χ0) is 15.9. The quantitative estimate of drug-likeness (QED) is 0.841. The Morgan fingerprint density at radius 1 is 1.38 bits per heavy atom. The number of alkyl carbamates (subject to hydrolysis) is 1. The Balaban J connectivity index is 2.42. The average Bonchev–Trinajstić information content (AvgIpc) is 2.36. The second-order valence-electron chi connectivity index (χ2n) is 5.51. The van der Waals surface area contributed by atoms with Crippen LogP contribution < -0.4 is 10.1 Å². The number of nitrogens with one attached hydrogen (secondary N) is 1. The molecule has 0 bridgehead atoms. The number of hydrogen-bond donors (Lipinski definition) is 1. The number of benzene rings is 1. The van der Waals surface area contributed by atoms with E-state index >= 15 is 0 Å². The van der Waals surface area contributed by atoms with Crippen molar-refractivity contribution in [1.29, 1.82) is 0 Å². The highest BCUT2D eigenvalue weighted by Gasteiger charge is 2.15. The topological polar surface area (TPSA) is 47.6 Å². The fraction of sp³-hybridized carbons (Fsp3) is 0.438. The minimum Gasteiger partial charge on any atom is -0.496 e. The zero-order valence-electron chi connectivity index (χ0n) is 12.9. The fourth-order valence-corrected chi connectivity index (χ4v) is 1.62. The van der Waals surface area contributed by atoms with E-state index in [0.717, 1.165) is 0 Å². The van der Waals surface area contributed by atoms with E-state index in [1.807, 2.05) is 26.8 Å². The van der Waals surface area contributed by atoms with Crippen molar-refractivity contribution in [2.75, 3.05) is 13.7 Å². The van der Waals surface area contributed by atoms with Gasteiger partial charge in [-0.3, -0.25) is 0 Å². The third-order valence-corrected chi connectivity index (χ3v) is 2.47. The second kappa shape index (κ2) is 7.67. The molecule has 1 N–H and O–H groups in total. The van der Waals surface area contributed by atoms with E-state index in [1.54, 1.807) is 12.1 Å². The SMILES string of the molecule is COc1ccc(F)cc1C=CCCNC(=O)OC(C)(C)C. The Morgan fingerprint density at radius 2 is 2.10 bits per heavy atom. The first kappa shape index (κ1) is 17.0. The van der Waals surface area contributed by atoms with Gasteiger partial charge in [0.15, 0.2) is 0 Å². The lowest BCUT2D eigenvalue weighted by Gasteiger charge is -2.19. The Labute approximate surface area is 124 Å². The first-order chi connectivity index (χ1) is 9.81. The van der Waals surface area contributed by atoms with E-state index in [0.29, 0.717) is 24.3 Å². The zero-order valence-corrected chi connectivity index (χ0v) is 12.9. The lowest BCUT2D eigenvalue weighted by molar-refractivity contribution is 0.0529. The molecule has 21 heavy (non-hydrogen) atoms. The van der Waals surface area contributed by atoms with E-state index < -0.39 is 11.7 Å². The summed E-state index contributed by atoms with van der Waals surface area (Å²) in [6, 6.07) is 4.32. The number of halogens is 1. The van der Waals surface area contributed by atoms with Crippen molar-refractivity contribution < 1.29 is 18.7 Å². The summed E-state index contributed by atoms with van der Waals surface area (Å²) in [5.74, 6) is 0.287. The molecule has 0 aliphatic rings. The van der Waals surface area contributed by atoms with Gasteiger partial charge in [0.1, 0.15) is 17.2 Å². The molecule has 1 aromatic carbocycles. The van der Waals surface area contributed by atoms with E-state index in [4.69, 9.17) is 9.47 Å². The van der Waals surface area contributed by atoms with Gasteiger partial charge in [-0.25, -0.2) is 9.18 Å². The second-order valence-corrected chi connectivity index (χ2v) is 5.51. The molecule has 1 amide bonds. The number of hydrogen-bond acceptors (Lipinski definition) is 3. The highest BCUT2D eigenvalue weighted by atomic mass is 19.1. The molecular weight excluding hydrogens is 273 g/mol. The van der Waals surface area contributed by atoms with Crippen LogP contribution in [0.15, 0.2) is 24.3 Å². The predicted molar refractivity (Wildman–Crippen MR) is 80.8 cm³/mol. The van der Waals surface area contributed by atoms with Crippen LogP contribution in [-0.2, 0) is 4.74 Å². The van der Waals surface area contributed by atoms with Gasteiger partial charge in [-0.15, -0.1) is 0 Å². The van der Waals surface area contributed by atoms with Gasteiger partial charge in [0.05, 0.1) is 7.11 Å². The molecule has 1 rings (SSSR count). The third kappa shape index (κ3) is 6.79. The highest BCUT2D eigenvalue weighted by molar-refractivity contribution is 5.67. The molecule has 0 unspecified atom stereocenters. The Morgan fingerprint density at radius 3 is 2.71 bits per heavy atom. The first-order valence-electron chi connectivity index (χ1n) is 6.79. The van der Waals surface area contributed by atoms with E-state index in [2.05, 4.69) is 5.32 Å². The fourth-order valence-electron chi connectivity index (χ4n) is 1.62. The van der Waals surface area contributed by atoms with Crippen molar-refractivity contribution in [2.24, 2.45) is 0 Å². The van der Waals surface area contributed by atoms with Crippen LogP contribution in [0.4, 0.5) is 9.18 Å². The summed E-state index contributed by atoms with van der Waals surface area (Å²) >= 11 is 0. The Kier molecular flexibility index (Phi) is 6.21. The Bertz CT molecular complexity index is 507. The average molecular weight is 295 g/mol. The molecular formula is C16H22FNO3. The molecule has 0 heterocycles. The lowest BCUT2D eigenvalue weighted by atomic mass is 10.1. The summed E-state index contributed by atoms with van der Waals surface area (Å²) in [5, 5.41) is 2.65. The molecule has 0 atom stereocenters. The number of carbonyl (C=O) groups is 1. The number of ether oxygens (including phenoxy) is 2. The van der Waals surface area contributed by atoms with Gasteiger partial charge in [-0.2, -0.15) is 0 Å². The molecule has 4 nitrogen and oxygen atoms in total. The van der Waals surface area contributed by atoms with Gasteiger partial charge < -0.3 is 14.8 Å². The number of rotatable bonds is 5. The molecule has 0 spiro atoms. The standard InChI is InChI=1S/C16H22FNO3/c1-16(2,3)21-15(19)18-10-6-5-7-12-11-13(17)8-9-14(12)20-4/h5,7-9,11H,6,10H2,1-4H3,(H,18,19). The minimum atomic E-state index is -0.505. The van der Waals surface area contributed by atoms with Crippen molar-refractivity contribution in [2.45, 2.75) is 32.8 Å². The molecule has 0 aromatic heterocycles. The number of carbonyl (C=O) groups excluding carboxylic acids is 1. The van der Waals surface area contributed by atoms with Crippen LogP contribution in [0.1, 0.15) is 32.8 Å². The lowest BCUT2D eigenvalue weighted by Crippen LogP contribution is -2.32. The number of methoxy groups -OCH3 is 1. The maximum Gasteiger partial charge on any atom is 0.407 e. The van der Waals surface area contributed by atoms with Crippen molar-refractivity contribution in [3.05, 3.63) is 35.7 Å². The molecule has 0 radical (unpaired) electrons. The van der Waals surface area contributed by atoms with Crippen molar-refractivity contribution in [3.63, 3.8) is 0 Å². The largest absolute Gasteiger partial charge is 0.496 e. The maximum atomic E-state index is 13.2. The molecule has 116 valence electrons. The molecule has 0 aliphatic carbocycles. The van der Waals surface area contributed by atoms with Gasteiger partial charge >= 0.3 is 6.09 Å². The Hall–Kier alpha value is -2.04. The smallest absolute Gasteiger partial charge is 0.407 e.